The van der Waals surface area contributed by atoms with Gasteiger partial charge in [-0.15, -0.1) is 5.10 Å². The molecule has 1 aromatic carbocycles. The highest BCUT2D eigenvalue weighted by Gasteiger charge is 2.08. The number of fused-ring (bicyclic) bond motifs is 1. The van der Waals surface area contributed by atoms with Crippen LogP contribution in [0.3, 0.4) is 0 Å². The summed E-state index contributed by atoms with van der Waals surface area (Å²) < 4.78 is 15.4. The maximum Gasteiger partial charge on any atom is 0.182 e. The van der Waals surface area contributed by atoms with Crippen LogP contribution in [0.25, 0.3) is 17.0 Å². The first-order valence-electron chi connectivity index (χ1n) is 5.01. The fraction of sp³-hybridized carbons (Fsp3) is 0. The molecule has 84 valence electrons. The predicted octanol–water partition coefficient (Wildman–Crippen LogP) is 3.14. The molecule has 2 aromatic heterocycles. The number of hydrogen-bond donors (Lipinski definition) is 0. The lowest BCUT2D eigenvalue weighted by Crippen LogP contribution is -1.91. The van der Waals surface area contributed by atoms with Crippen LogP contribution in [0.4, 0.5) is 4.39 Å². The van der Waals surface area contributed by atoms with Gasteiger partial charge in [0.2, 0.25) is 0 Å². The molecule has 0 radical (unpaired) electrons. The Balaban J connectivity index is 2.21. The quantitative estimate of drug-likeness (QED) is 0.638. The molecule has 3 aromatic rings. The van der Waals surface area contributed by atoms with Crippen LogP contribution >= 0.6 is 22.6 Å². The number of hydrogen-bond acceptors (Lipinski definition) is 2. The number of halogens is 2. The van der Waals surface area contributed by atoms with E-state index in [4.69, 9.17) is 0 Å². The van der Waals surface area contributed by atoms with Crippen molar-refractivity contribution in [3.8, 4) is 11.4 Å². The second-order valence-corrected chi connectivity index (χ2v) is 4.74. The molecule has 0 aliphatic heterocycles. The second-order valence-electron chi connectivity index (χ2n) is 3.57. The highest BCUT2D eigenvalue weighted by Crippen LogP contribution is 2.18. The SMILES string of the molecule is Fc1cn2nc(-c3ccccc3)nc2cc1I. The largest absolute Gasteiger partial charge is 0.217 e. The van der Waals surface area contributed by atoms with Crippen LogP contribution < -0.4 is 0 Å². The number of benzene rings is 1. The zero-order valence-electron chi connectivity index (χ0n) is 8.64. The molecule has 0 spiro atoms. The molecule has 2 heterocycles. The van der Waals surface area contributed by atoms with Crippen LogP contribution in [0.2, 0.25) is 0 Å². The van der Waals surface area contributed by atoms with E-state index in [1.54, 1.807) is 6.07 Å². The lowest BCUT2D eigenvalue weighted by Gasteiger charge is -1.93. The molecule has 3 nitrogen and oxygen atoms in total. The molecule has 0 aliphatic carbocycles. The smallest absolute Gasteiger partial charge is 0.182 e. The molecule has 0 aliphatic rings. The zero-order chi connectivity index (χ0) is 11.8. The van der Waals surface area contributed by atoms with Gasteiger partial charge in [-0.25, -0.2) is 13.9 Å². The van der Waals surface area contributed by atoms with Crippen LogP contribution in [-0.2, 0) is 0 Å². The van der Waals surface area contributed by atoms with Gasteiger partial charge in [0.25, 0.3) is 0 Å². The molecular weight excluding hydrogens is 332 g/mol. The van der Waals surface area contributed by atoms with Crippen molar-refractivity contribution in [2.45, 2.75) is 0 Å². The van der Waals surface area contributed by atoms with Gasteiger partial charge in [-0.05, 0) is 28.7 Å². The van der Waals surface area contributed by atoms with Gasteiger partial charge in [-0.2, -0.15) is 0 Å². The van der Waals surface area contributed by atoms with Crippen molar-refractivity contribution >= 4 is 28.2 Å². The Morgan fingerprint density at radius 3 is 2.71 bits per heavy atom. The van der Waals surface area contributed by atoms with E-state index in [9.17, 15) is 4.39 Å². The Morgan fingerprint density at radius 2 is 1.94 bits per heavy atom. The molecule has 0 N–H and O–H groups in total. The molecule has 0 bridgehead atoms. The lowest BCUT2D eigenvalue weighted by molar-refractivity contribution is 0.607. The minimum absolute atomic E-state index is 0.289. The van der Waals surface area contributed by atoms with Gasteiger partial charge in [0, 0.05) is 5.56 Å². The van der Waals surface area contributed by atoms with E-state index in [-0.39, 0.29) is 5.82 Å². The normalized spacial score (nSPS) is 10.9. The molecule has 0 saturated heterocycles. The van der Waals surface area contributed by atoms with E-state index in [0.29, 0.717) is 15.0 Å². The van der Waals surface area contributed by atoms with Crippen LogP contribution in [0.1, 0.15) is 0 Å². The Bertz CT molecular complexity index is 640. The first-order chi connectivity index (χ1) is 8.24. The maximum atomic E-state index is 13.4. The van der Waals surface area contributed by atoms with E-state index in [0.717, 1.165) is 5.56 Å². The molecule has 0 unspecified atom stereocenters. The van der Waals surface area contributed by atoms with E-state index < -0.39 is 0 Å². The monoisotopic (exact) mass is 339 g/mol. The second kappa shape index (κ2) is 4.06. The van der Waals surface area contributed by atoms with E-state index in [1.807, 2.05) is 52.9 Å². The summed E-state index contributed by atoms with van der Waals surface area (Å²) in [6.45, 7) is 0. The molecular formula is C12H7FIN3. The van der Waals surface area contributed by atoms with Gasteiger partial charge < -0.3 is 0 Å². The van der Waals surface area contributed by atoms with Crippen LogP contribution in [0.5, 0.6) is 0 Å². The summed E-state index contributed by atoms with van der Waals surface area (Å²) in [6.07, 6.45) is 1.34. The number of nitrogens with zero attached hydrogens (tertiary/aromatic N) is 3. The standard InChI is InChI=1S/C12H7FIN3/c13-9-7-17-11(6-10(9)14)15-12(16-17)8-4-2-1-3-5-8/h1-7H. The average Bonchev–Trinajstić information content (AvgIpc) is 2.74. The molecule has 0 fully saturated rings. The molecule has 0 saturated carbocycles. The fourth-order valence-electron chi connectivity index (χ4n) is 1.59. The number of pyridine rings is 1. The summed E-state index contributed by atoms with van der Waals surface area (Å²) in [6, 6.07) is 11.3. The van der Waals surface area contributed by atoms with Crippen LogP contribution in [0.15, 0.2) is 42.6 Å². The molecule has 5 heteroatoms. The topological polar surface area (TPSA) is 30.2 Å². The molecule has 3 rings (SSSR count). The highest BCUT2D eigenvalue weighted by atomic mass is 127. The summed E-state index contributed by atoms with van der Waals surface area (Å²) in [5.41, 5.74) is 1.57. The van der Waals surface area contributed by atoms with Crippen molar-refractivity contribution in [3.05, 3.63) is 52.0 Å². The lowest BCUT2D eigenvalue weighted by atomic mass is 10.2. The summed E-state index contributed by atoms with van der Waals surface area (Å²) in [5.74, 6) is 0.314. The van der Waals surface area contributed by atoms with E-state index in [1.165, 1.54) is 10.7 Å². The van der Waals surface area contributed by atoms with E-state index >= 15 is 0 Å². The van der Waals surface area contributed by atoms with E-state index in [2.05, 4.69) is 10.1 Å². The Morgan fingerprint density at radius 1 is 1.18 bits per heavy atom. The van der Waals surface area contributed by atoms with Crippen molar-refractivity contribution in [1.82, 2.24) is 14.6 Å². The average molecular weight is 339 g/mol. The Kier molecular flexibility index (Phi) is 2.54. The van der Waals surface area contributed by atoms with Crippen molar-refractivity contribution in [2.75, 3.05) is 0 Å². The molecule has 0 atom stereocenters. The van der Waals surface area contributed by atoms with Crippen molar-refractivity contribution in [3.63, 3.8) is 0 Å². The van der Waals surface area contributed by atoms with Crippen LogP contribution in [0, 0.1) is 9.39 Å². The summed E-state index contributed by atoms with van der Waals surface area (Å²) in [5, 5.41) is 4.25. The molecule has 17 heavy (non-hydrogen) atoms. The Labute approximate surface area is 110 Å². The predicted molar refractivity (Wildman–Crippen MR) is 71.1 cm³/mol. The van der Waals surface area contributed by atoms with Gasteiger partial charge in [0.05, 0.1) is 9.77 Å². The van der Waals surface area contributed by atoms with Crippen molar-refractivity contribution in [2.24, 2.45) is 0 Å². The first kappa shape index (κ1) is 10.6. The third-order valence-electron chi connectivity index (χ3n) is 2.41. The summed E-state index contributed by atoms with van der Waals surface area (Å²) in [4.78, 5) is 4.37. The van der Waals surface area contributed by atoms with Gasteiger partial charge in [0.1, 0.15) is 0 Å². The maximum absolute atomic E-state index is 13.4. The van der Waals surface area contributed by atoms with Crippen molar-refractivity contribution in [1.29, 1.82) is 0 Å². The minimum atomic E-state index is -0.289. The third kappa shape index (κ3) is 1.90. The summed E-state index contributed by atoms with van der Waals surface area (Å²) in [7, 11) is 0. The van der Waals surface area contributed by atoms with Crippen LogP contribution in [-0.4, -0.2) is 14.6 Å². The first-order valence-corrected chi connectivity index (χ1v) is 6.09. The highest BCUT2D eigenvalue weighted by molar-refractivity contribution is 14.1. The molecule has 0 amide bonds. The minimum Gasteiger partial charge on any atom is -0.217 e. The van der Waals surface area contributed by atoms with Crippen molar-refractivity contribution < 1.29 is 4.39 Å². The number of aromatic nitrogens is 3. The van der Waals surface area contributed by atoms with Gasteiger partial charge in [-0.1, -0.05) is 30.3 Å². The van der Waals surface area contributed by atoms with Gasteiger partial charge >= 0.3 is 0 Å². The van der Waals surface area contributed by atoms with Gasteiger partial charge in [-0.3, -0.25) is 0 Å². The van der Waals surface area contributed by atoms with Gasteiger partial charge in [0.15, 0.2) is 17.3 Å². The number of rotatable bonds is 1. The fourth-order valence-corrected chi connectivity index (χ4v) is 2.01. The third-order valence-corrected chi connectivity index (χ3v) is 3.24. The Hall–Kier alpha value is -1.50. The zero-order valence-corrected chi connectivity index (χ0v) is 10.8. The summed E-state index contributed by atoms with van der Waals surface area (Å²) >= 11 is 1.94.